The lowest BCUT2D eigenvalue weighted by molar-refractivity contribution is -0.0620. The first-order chi connectivity index (χ1) is 21.5. The van der Waals surface area contributed by atoms with E-state index < -0.39 is 48.3 Å². The van der Waals surface area contributed by atoms with Crippen LogP contribution in [0.5, 0.6) is 0 Å². The van der Waals surface area contributed by atoms with Crippen molar-refractivity contribution in [1.82, 2.24) is 4.90 Å². The number of nitrogens with zero attached hydrogens (tertiary/aromatic N) is 2. The number of amides is 2. The van der Waals surface area contributed by atoms with Crippen LogP contribution < -0.4 is 0 Å². The summed E-state index contributed by atoms with van der Waals surface area (Å²) in [5.41, 5.74) is 1.18. The Balaban J connectivity index is 1.32. The Morgan fingerprint density at radius 1 is 0.659 bits per heavy atom. The normalized spacial score (nSPS) is 21.3. The summed E-state index contributed by atoms with van der Waals surface area (Å²) in [7, 11) is 0. The number of benzene rings is 4. The van der Waals surface area contributed by atoms with Crippen LogP contribution in [0.15, 0.2) is 126 Å². The van der Waals surface area contributed by atoms with Gasteiger partial charge in [0.1, 0.15) is 12.7 Å². The number of hydrogen-bond donors (Lipinski definition) is 0. The molecular formula is C34H26N2O8. The zero-order valence-corrected chi connectivity index (χ0v) is 23.2. The first-order valence-electron chi connectivity index (χ1n) is 13.9. The predicted octanol–water partition coefficient (Wildman–Crippen LogP) is 4.53. The van der Waals surface area contributed by atoms with Crippen LogP contribution in [0, 0.1) is 0 Å². The SMILES string of the molecule is O=C(N=C1O[C@H]2[C@H](OC(=O)c3ccccc3)[C@H](COC(=O)c3ccccc3)O[C@@H]2N1C(=O)c1ccccc1)c1ccccc1. The number of amidine groups is 1. The first kappa shape index (κ1) is 28.5. The fourth-order valence-electron chi connectivity index (χ4n) is 4.92. The number of aliphatic imine (C=N–C) groups is 1. The highest BCUT2D eigenvalue weighted by Gasteiger charge is 2.59. The van der Waals surface area contributed by atoms with Gasteiger partial charge in [-0.15, -0.1) is 0 Å². The predicted molar refractivity (Wildman–Crippen MR) is 157 cm³/mol. The third kappa shape index (κ3) is 5.97. The van der Waals surface area contributed by atoms with Crippen molar-refractivity contribution in [1.29, 1.82) is 0 Å². The maximum absolute atomic E-state index is 13.8. The van der Waals surface area contributed by atoms with Gasteiger partial charge in [-0.3, -0.25) is 9.59 Å². The molecule has 4 aromatic carbocycles. The molecule has 6 rings (SSSR count). The summed E-state index contributed by atoms with van der Waals surface area (Å²) in [4.78, 5) is 58.0. The number of esters is 2. The zero-order valence-electron chi connectivity index (χ0n) is 23.2. The average molecular weight is 591 g/mol. The lowest BCUT2D eigenvalue weighted by Crippen LogP contribution is -2.42. The maximum atomic E-state index is 13.8. The van der Waals surface area contributed by atoms with Gasteiger partial charge in [0.25, 0.3) is 11.8 Å². The van der Waals surface area contributed by atoms with Crippen molar-refractivity contribution < 1.29 is 38.1 Å². The minimum Gasteiger partial charge on any atom is -0.459 e. The molecule has 2 aliphatic rings. The van der Waals surface area contributed by atoms with Crippen LogP contribution in [0.4, 0.5) is 0 Å². The lowest BCUT2D eigenvalue weighted by Gasteiger charge is -2.23. The van der Waals surface area contributed by atoms with E-state index in [0.29, 0.717) is 5.56 Å². The Morgan fingerprint density at radius 3 is 1.73 bits per heavy atom. The monoisotopic (exact) mass is 590 g/mol. The van der Waals surface area contributed by atoms with Crippen LogP contribution in [0.3, 0.4) is 0 Å². The molecule has 10 nitrogen and oxygen atoms in total. The Morgan fingerprint density at radius 2 is 1.16 bits per heavy atom. The Bertz CT molecular complexity index is 1680. The van der Waals surface area contributed by atoms with Gasteiger partial charge in [-0.2, -0.15) is 4.99 Å². The van der Waals surface area contributed by atoms with Crippen LogP contribution in [-0.4, -0.2) is 65.8 Å². The van der Waals surface area contributed by atoms with Gasteiger partial charge >= 0.3 is 18.0 Å². The quantitative estimate of drug-likeness (QED) is 0.288. The molecule has 0 spiro atoms. The van der Waals surface area contributed by atoms with E-state index in [0.717, 1.165) is 4.90 Å². The number of ether oxygens (including phenoxy) is 4. The van der Waals surface area contributed by atoms with E-state index in [1.54, 1.807) is 121 Å². The van der Waals surface area contributed by atoms with Gasteiger partial charge in [0, 0.05) is 11.1 Å². The fourth-order valence-corrected chi connectivity index (χ4v) is 4.92. The largest absolute Gasteiger partial charge is 0.459 e. The van der Waals surface area contributed by atoms with E-state index in [1.807, 2.05) is 0 Å². The molecule has 4 atom stereocenters. The Labute approximate surface area is 252 Å². The number of carbonyl (C=O) groups excluding carboxylic acids is 4. The Hall–Kier alpha value is -5.61. The molecule has 2 amide bonds. The molecule has 0 N–H and O–H groups in total. The molecular weight excluding hydrogens is 564 g/mol. The smallest absolute Gasteiger partial charge is 0.338 e. The maximum Gasteiger partial charge on any atom is 0.338 e. The van der Waals surface area contributed by atoms with Gasteiger partial charge in [-0.1, -0.05) is 72.8 Å². The van der Waals surface area contributed by atoms with Gasteiger partial charge in [-0.25, -0.2) is 14.5 Å². The molecule has 2 saturated heterocycles. The van der Waals surface area contributed by atoms with Crippen molar-refractivity contribution in [3.05, 3.63) is 144 Å². The van der Waals surface area contributed by atoms with Gasteiger partial charge in [0.15, 0.2) is 18.4 Å². The lowest BCUT2D eigenvalue weighted by atomic mass is 10.1. The molecule has 220 valence electrons. The highest BCUT2D eigenvalue weighted by atomic mass is 16.7. The van der Waals surface area contributed by atoms with Crippen LogP contribution in [0.1, 0.15) is 41.4 Å². The molecule has 44 heavy (non-hydrogen) atoms. The molecule has 0 unspecified atom stereocenters. The topological polar surface area (TPSA) is 121 Å². The summed E-state index contributed by atoms with van der Waals surface area (Å²) in [5.74, 6) is -2.46. The highest BCUT2D eigenvalue weighted by Crippen LogP contribution is 2.36. The minimum atomic E-state index is -1.15. The third-order valence-electron chi connectivity index (χ3n) is 7.09. The standard InChI is InChI=1S/C34H26N2O8/c37-29(22-13-5-1-6-14-22)35-34-36(30(38)23-15-7-2-8-16-23)31-28(44-34)27(43-33(40)25-19-11-4-12-20-25)26(42-31)21-41-32(39)24-17-9-3-10-18-24/h1-20,26-28,31H,21H2/t26-,27+,28-,31-/m0/s1. The second-order valence-corrected chi connectivity index (χ2v) is 9.95. The number of carbonyl (C=O) groups is 4. The number of hydrogen-bond acceptors (Lipinski definition) is 8. The van der Waals surface area contributed by atoms with Gasteiger partial charge in [0.2, 0.25) is 0 Å². The molecule has 2 fully saturated rings. The number of rotatable bonds is 7. The molecule has 0 aromatic heterocycles. The van der Waals surface area contributed by atoms with Crippen molar-refractivity contribution in [2.75, 3.05) is 6.61 Å². The van der Waals surface area contributed by atoms with Gasteiger partial charge < -0.3 is 18.9 Å². The molecule has 4 aromatic rings. The highest BCUT2D eigenvalue weighted by molar-refractivity contribution is 6.09. The fraction of sp³-hybridized carbons (Fsp3) is 0.147. The van der Waals surface area contributed by atoms with Crippen LogP contribution in [0.2, 0.25) is 0 Å². The van der Waals surface area contributed by atoms with Crippen LogP contribution >= 0.6 is 0 Å². The van der Waals surface area contributed by atoms with E-state index >= 15 is 0 Å². The molecule has 0 saturated carbocycles. The van der Waals surface area contributed by atoms with Crippen molar-refractivity contribution >= 4 is 29.8 Å². The van der Waals surface area contributed by atoms with Gasteiger partial charge in [-0.05, 0) is 48.5 Å². The summed E-state index contributed by atoms with van der Waals surface area (Å²) in [6, 6.07) is 33.1. The van der Waals surface area contributed by atoms with E-state index in [9.17, 15) is 19.2 Å². The number of fused-ring (bicyclic) bond motifs is 1. The van der Waals surface area contributed by atoms with E-state index in [4.69, 9.17) is 18.9 Å². The van der Waals surface area contributed by atoms with E-state index in [2.05, 4.69) is 4.99 Å². The molecule has 0 radical (unpaired) electrons. The Kier molecular flexibility index (Phi) is 8.24. The minimum absolute atomic E-state index is 0.277. The van der Waals surface area contributed by atoms with Crippen molar-refractivity contribution in [2.24, 2.45) is 4.99 Å². The molecule has 2 heterocycles. The van der Waals surface area contributed by atoms with E-state index in [-0.39, 0.29) is 29.3 Å². The second-order valence-electron chi connectivity index (χ2n) is 9.95. The summed E-state index contributed by atoms with van der Waals surface area (Å²) < 4.78 is 23.7. The molecule has 10 heteroatoms. The van der Waals surface area contributed by atoms with E-state index in [1.165, 1.54) is 0 Å². The van der Waals surface area contributed by atoms with Gasteiger partial charge in [0.05, 0.1) is 11.1 Å². The summed E-state index contributed by atoms with van der Waals surface area (Å²) >= 11 is 0. The molecule has 2 aliphatic heterocycles. The summed E-state index contributed by atoms with van der Waals surface area (Å²) in [6.07, 6.45) is -4.39. The zero-order chi connectivity index (χ0) is 30.5. The molecule has 0 aliphatic carbocycles. The van der Waals surface area contributed by atoms with Crippen molar-refractivity contribution in [3.63, 3.8) is 0 Å². The van der Waals surface area contributed by atoms with Crippen molar-refractivity contribution in [2.45, 2.75) is 24.5 Å². The van der Waals surface area contributed by atoms with Crippen molar-refractivity contribution in [3.8, 4) is 0 Å². The average Bonchev–Trinajstić information content (AvgIpc) is 3.59. The van der Waals surface area contributed by atoms with Crippen LogP contribution in [0.25, 0.3) is 0 Å². The second kappa shape index (κ2) is 12.7. The third-order valence-corrected chi connectivity index (χ3v) is 7.09. The van der Waals surface area contributed by atoms with Crippen LogP contribution in [-0.2, 0) is 18.9 Å². The first-order valence-corrected chi connectivity index (χ1v) is 13.9. The summed E-state index contributed by atoms with van der Waals surface area (Å²) in [6.45, 7) is -0.306. The molecule has 0 bridgehead atoms. The summed E-state index contributed by atoms with van der Waals surface area (Å²) in [5, 5.41) is 0.